The highest BCUT2D eigenvalue weighted by Gasteiger charge is 2.17. The molecule has 0 saturated heterocycles. The van der Waals surface area contributed by atoms with Gasteiger partial charge in [-0.25, -0.2) is 4.79 Å². The lowest BCUT2D eigenvalue weighted by molar-refractivity contribution is -0.133. The molecule has 0 amide bonds. The van der Waals surface area contributed by atoms with Crippen molar-refractivity contribution in [3.05, 3.63) is 77.5 Å². The standard InChI is InChI=1S/C22H26N2O4/c1-17(23-24(2)14-18-10-6-5-7-11-18)28-15-19-12-8-9-13-20(19)21(16-26-3)22(25)27-4/h5-13,16H,14-15H2,1-4H3/b21-16+,23-17+. The topological polar surface area (TPSA) is 60.4 Å². The minimum Gasteiger partial charge on any atom is -0.503 e. The highest BCUT2D eigenvalue weighted by atomic mass is 16.5. The SMILES string of the molecule is CO/C=C(/C(=O)OC)c1ccccc1CO/C(C)=N/N(C)Cc1ccccc1. The van der Waals surface area contributed by atoms with E-state index >= 15 is 0 Å². The van der Waals surface area contributed by atoms with Crippen molar-refractivity contribution in [1.29, 1.82) is 0 Å². The maximum absolute atomic E-state index is 12.1. The predicted octanol–water partition coefficient (Wildman–Crippen LogP) is 3.83. The summed E-state index contributed by atoms with van der Waals surface area (Å²) in [6.07, 6.45) is 1.37. The van der Waals surface area contributed by atoms with Crippen LogP contribution in [0.4, 0.5) is 0 Å². The van der Waals surface area contributed by atoms with E-state index in [0.717, 1.165) is 5.56 Å². The number of hydrogen-bond acceptors (Lipinski definition) is 6. The number of carbonyl (C=O) groups is 1. The van der Waals surface area contributed by atoms with Crippen molar-refractivity contribution in [1.82, 2.24) is 5.01 Å². The molecule has 0 fully saturated rings. The van der Waals surface area contributed by atoms with Crippen molar-refractivity contribution in [2.75, 3.05) is 21.3 Å². The molecule has 0 spiro atoms. The number of ether oxygens (including phenoxy) is 3. The zero-order valence-corrected chi connectivity index (χ0v) is 16.7. The van der Waals surface area contributed by atoms with E-state index < -0.39 is 5.97 Å². The Morgan fingerprint density at radius 1 is 1.07 bits per heavy atom. The Morgan fingerprint density at radius 2 is 1.75 bits per heavy atom. The molecular weight excluding hydrogens is 356 g/mol. The maximum atomic E-state index is 12.1. The van der Waals surface area contributed by atoms with Gasteiger partial charge in [0.15, 0.2) is 0 Å². The summed E-state index contributed by atoms with van der Waals surface area (Å²) in [6.45, 7) is 2.75. The second kappa shape index (κ2) is 10.8. The largest absolute Gasteiger partial charge is 0.503 e. The molecule has 0 heterocycles. The van der Waals surface area contributed by atoms with Crippen molar-refractivity contribution in [2.45, 2.75) is 20.1 Å². The first-order valence-corrected chi connectivity index (χ1v) is 8.87. The van der Waals surface area contributed by atoms with Crippen LogP contribution in [0.2, 0.25) is 0 Å². The molecule has 0 atom stereocenters. The molecule has 0 aromatic heterocycles. The fourth-order valence-corrected chi connectivity index (χ4v) is 2.69. The minimum atomic E-state index is -0.470. The average molecular weight is 382 g/mol. The number of rotatable bonds is 8. The third-order valence-electron chi connectivity index (χ3n) is 3.95. The second-order valence-corrected chi connectivity index (χ2v) is 6.13. The first-order chi connectivity index (χ1) is 13.5. The Kier molecular flexibility index (Phi) is 8.09. The van der Waals surface area contributed by atoms with Crippen LogP contribution in [0.1, 0.15) is 23.6 Å². The smallest absolute Gasteiger partial charge is 0.341 e. The molecule has 0 aliphatic rings. The fraction of sp³-hybridized carbons (Fsp3) is 0.273. The van der Waals surface area contributed by atoms with Gasteiger partial charge in [0.2, 0.25) is 5.90 Å². The molecule has 6 heteroatoms. The van der Waals surface area contributed by atoms with Crippen molar-refractivity contribution in [2.24, 2.45) is 5.10 Å². The van der Waals surface area contributed by atoms with Gasteiger partial charge in [0.05, 0.1) is 27.0 Å². The van der Waals surface area contributed by atoms with E-state index in [1.807, 2.05) is 54.5 Å². The lowest BCUT2D eigenvalue weighted by Crippen LogP contribution is -2.15. The minimum absolute atomic E-state index is 0.267. The highest BCUT2D eigenvalue weighted by Crippen LogP contribution is 2.21. The van der Waals surface area contributed by atoms with E-state index in [1.165, 1.54) is 26.0 Å². The van der Waals surface area contributed by atoms with Gasteiger partial charge in [-0.3, -0.25) is 5.01 Å². The Labute approximate surface area is 166 Å². The molecule has 0 bridgehead atoms. The summed E-state index contributed by atoms with van der Waals surface area (Å²) in [6, 6.07) is 17.5. The van der Waals surface area contributed by atoms with Crippen LogP contribution in [0, 0.1) is 0 Å². The Bertz CT molecular complexity index is 831. The predicted molar refractivity (Wildman–Crippen MR) is 109 cm³/mol. The van der Waals surface area contributed by atoms with Gasteiger partial charge < -0.3 is 14.2 Å². The van der Waals surface area contributed by atoms with Gasteiger partial charge in [-0.1, -0.05) is 54.6 Å². The van der Waals surface area contributed by atoms with Crippen LogP contribution < -0.4 is 0 Å². The summed E-state index contributed by atoms with van der Waals surface area (Å²) < 4.78 is 15.7. The van der Waals surface area contributed by atoms with Crippen molar-refractivity contribution in [3.63, 3.8) is 0 Å². The van der Waals surface area contributed by atoms with E-state index in [-0.39, 0.29) is 6.61 Å². The van der Waals surface area contributed by atoms with E-state index in [4.69, 9.17) is 14.2 Å². The molecule has 2 aromatic rings. The molecule has 6 nitrogen and oxygen atoms in total. The van der Waals surface area contributed by atoms with Gasteiger partial charge in [0.25, 0.3) is 0 Å². The van der Waals surface area contributed by atoms with Gasteiger partial charge in [0.1, 0.15) is 12.2 Å². The molecular formula is C22H26N2O4. The second-order valence-electron chi connectivity index (χ2n) is 6.13. The first kappa shape index (κ1) is 21.0. The third kappa shape index (κ3) is 6.16. The van der Waals surface area contributed by atoms with Gasteiger partial charge in [0, 0.05) is 14.0 Å². The van der Waals surface area contributed by atoms with E-state index in [9.17, 15) is 4.79 Å². The molecule has 0 aliphatic heterocycles. The van der Waals surface area contributed by atoms with Crippen LogP contribution in [0.3, 0.4) is 0 Å². The highest BCUT2D eigenvalue weighted by molar-refractivity contribution is 6.16. The van der Waals surface area contributed by atoms with Crippen LogP contribution in [-0.2, 0) is 32.2 Å². The molecule has 0 radical (unpaired) electrons. The number of nitrogens with zero attached hydrogens (tertiary/aromatic N) is 2. The summed E-state index contributed by atoms with van der Waals surface area (Å²) in [5.41, 5.74) is 3.03. The van der Waals surface area contributed by atoms with Crippen molar-refractivity contribution in [3.8, 4) is 0 Å². The number of hydrogen-bond donors (Lipinski definition) is 0. The Balaban J connectivity index is 2.07. The molecule has 0 aliphatic carbocycles. The van der Waals surface area contributed by atoms with Crippen LogP contribution in [0.15, 0.2) is 66.0 Å². The summed E-state index contributed by atoms with van der Waals surface area (Å²) in [5, 5.41) is 6.27. The van der Waals surface area contributed by atoms with E-state index in [1.54, 1.807) is 6.92 Å². The summed E-state index contributed by atoms with van der Waals surface area (Å²) in [4.78, 5) is 12.1. The molecule has 148 valence electrons. The number of benzene rings is 2. The Morgan fingerprint density at radius 3 is 2.43 bits per heavy atom. The van der Waals surface area contributed by atoms with Crippen LogP contribution in [0.25, 0.3) is 5.57 Å². The van der Waals surface area contributed by atoms with E-state index in [2.05, 4.69) is 17.2 Å². The number of methoxy groups -OCH3 is 2. The lowest BCUT2D eigenvalue weighted by Gasteiger charge is -2.16. The van der Waals surface area contributed by atoms with E-state index in [0.29, 0.717) is 23.6 Å². The van der Waals surface area contributed by atoms with Crippen LogP contribution >= 0.6 is 0 Å². The summed E-state index contributed by atoms with van der Waals surface area (Å²) in [5.74, 6) is 0.0610. The van der Waals surface area contributed by atoms with Crippen molar-refractivity contribution >= 4 is 17.4 Å². The third-order valence-corrected chi connectivity index (χ3v) is 3.95. The average Bonchev–Trinajstić information content (AvgIpc) is 2.71. The zero-order valence-electron chi connectivity index (χ0n) is 16.7. The van der Waals surface area contributed by atoms with Gasteiger partial charge in [-0.15, -0.1) is 5.10 Å². The number of esters is 1. The number of carbonyl (C=O) groups excluding carboxylic acids is 1. The zero-order chi connectivity index (χ0) is 20.4. The quantitative estimate of drug-likeness (QED) is 0.173. The Hall–Kier alpha value is -3.28. The fourth-order valence-electron chi connectivity index (χ4n) is 2.69. The molecule has 0 saturated carbocycles. The van der Waals surface area contributed by atoms with Crippen LogP contribution in [0.5, 0.6) is 0 Å². The molecule has 2 aromatic carbocycles. The molecule has 0 N–H and O–H groups in total. The van der Waals surface area contributed by atoms with Gasteiger partial charge >= 0.3 is 5.97 Å². The van der Waals surface area contributed by atoms with Gasteiger partial charge in [-0.2, -0.15) is 0 Å². The van der Waals surface area contributed by atoms with Gasteiger partial charge in [-0.05, 0) is 16.7 Å². The molecule has 2 rings (SSSR count). The summed E-state index contributed by atoms with van der Waals surface area (Å²) >= 11 is 0. The molecule has 0 unspecified atom stereocenters. The monoisotopic (exact) mass is 382 g/mol. The maximum Gasteiger partial charge on any atom is 0.341 e. The normalized spacial score (nSPS) is 11.7. The first-order valence-electron chi connectivity index (χ1n) is 8.87. The summed E-state index contributed by atoms with van der Waals surface area (Å²) in [7, 11) is 4.72. The number of hydrazone groups is 1. The van der Waals surface area contributed by atoms with Crippen LogP contribution in [-0.4, -0.2) is 38.1 Å². The van der Waals surface area contributed by atoms with Crippen molar-refractivity contribution < 1.29 is 19.0 Å². The molecule has 28 heavy (non-hydrogen) atoms. The lowest BCUT2D eigenvalue weighted by atomic mass is 10.0.